The van der Waals surface area contributed by atoms with Crippen LogP contribution in [0, 0.1) is 0 Å². The molecule has 0 fully saturated rings. The van der Waals surface area contributed by atoms with Gasteiger partial charge < -0.3 is 4.74 Å². The summed E-state index contributed by atoms with van der Waals surface area (Å²) in [5, 5.41) is 0. The number of hydrogen-bond donors (Lipinski definition) is 0. The summed E-state index contributed by atoms with van der Waals surface area (Å²) in [6.07, 6.45) is 1.64. The Labute approximate surface area is 126 Å². The molecule has 0 atom stereocenters. The average molecular weight is 282 g/mol. The molecule has 2 heteroatoms. The molecule has 21 heavy (non-hydrogen) atoms. The van der Waals surface area contributed by atoms with Crippen LogP contribution in [0.25, 0.3) is 0 Å². The van der Waals surface area contributed by atoms with Gasteiger partial charge in [0.2, 0.25) is 0 Å². The molecule has 0 amide bonds. The van der Waals surface area contributed by atoms with Gasteiger partial charge >= 0.3 is 5.97 Å². The molecule has 0 unspecified atom stereocenters. The summed E-state index contributed by atoms with van der Waals surface area (Å²) in [6.45, 7) is 4.34. The van der Waals surface area contributed by atoms with Gasteiger partial charge in [-0.25, -0.2) is 0 Å². The molecule has 0 aliphatic carbocycles. The lowest BCUT2D eigenvalue weighted by atomic mass is 9.71. The Kier molecular flexibility index (Phi) is 5.15. The van der Waals surface area contributed by atoms with Crippen molar-refractivity contribution in [3.05, 3.63) is 71.8 Å². The van der Waals surface area contributed by atoms with E-state index in [4.69, 9.17) is 4.74 Å². The molecule has 0 aromatic heterocycles. The van der Waals surface area contributed by atoms with Crippen LogP contribution in [0.1, 0.15) is 37.8 Å². The van der Waals surface area contributed by atoms with E-state index in [1.54, 1.807) is 0 Å². The van der Waals surface area contributed by atoms with E-state index in [-0.39, 0.29) is 5.97 Å². The second kappa shape index (κ2) is 7.07. The summed E-state index contributed by atoms with van der Waals surface area (Å²) in [6, 6.07) is 19.9. The predicted molar refractivity (Wildman–Crippen MR) is 85.2 cm³/mol. The molecule has 0 spiro atoms. The summed E-state index contributed by atoms with van der Waals surface area (Å²) in [7, 11) is 0. The van der Waals surface area contributed by atoms with Crippen LogP contribution in [0.4, 0.5) is 0 Å². The van der Waals surface area contributed by atoms with Crippen molar-refractivity contribution in [1.82, 2.24) is 0 Å². The van der Waals surface area contributed by atoms with Crippen molar-refractivity contribution in [2.75, 3.05) is 6.61 Å². The fourth-order valence-electron chi connectivity index (χ4n) is 2.87. The fourth-order valence-corrected chi connectivity index (χ4v) is 2.87. The largest absolute Gasteiger partial charge is 0.465 e. The summed E-state index contributed by atoms with van der Waals surface area (Å²) < 4.78 is 5.43. The van der Waals surface area contributed by atoms with Crippen LogP contribution in [-0.4, -0.2) is 12.6 Å². The van der Waals surface area contributed by atoms with Crippen LogP contribution in [0.2, 0.25) is 0 Å². The Morgan fingerprint density at radius 1 is 0.905 bits per heavy atom. The average Bonchev–Trinajstić information content (AvgIpc) is 2.54. The number of hydrogen-bond acceptors (Lipinski definition) is 2. The molecule has 0 N–H and O–H groups in total. The highest BCUT2D eigenvalue weighted by atomic mass is 16.5. The maximum absolute atomic E-state index is 12.8. The molecule has 0 saturated carbocycles. The van der Waals surface area contributed by atoms with Gasteiger partial charge in [-0.3, -0.25) is 4.79 Å². The normalized spacial score (nSPS) is 11.1. The third-order valence-corrected chi connectivity index (χ3v) is 3.78. The molecular weight excluding hydrogens is 260 g/mol. The summed E-state index contributed by atoms with van der Waals surface area (Å²) in [4.78, 5) is 12.8. The minimum atomic E-state index is -0.715. The molecule has 110 valence electrons. The SMILES string of the molecule is CCCC(C(=O)OCC)(c1ccccc1)c1ccccc1. The maximum atomic E-state index is 12.8. The van der Waals surface area contributed by atoms with E-state index in [9.17, 15) is 4.79 Å². The van der Waals surface area contributed by atoms with Crippen LogP contribution in [0.5, 0.6) is 0 Å². The van der Waals surface area contributed by atoms with Gasteiger partial charge in [-0.1, -0.05) is 74.0 Å². The Morgan fingerprint density at radius 3 is 1.76 bits per heavy atom. The first-order valence-corrected chi connectivity index (χ1v) is 7.54. The standard InChI is InChI=1S/C19H22O2/c1-3-15-19(18(20)21-4-2,16-11-7-5-8-12-16)17-13-9-6-10-14-17/h5-14H,3-4,15H2,1-2H3. The summed E-state index contributed by atoms with van der Waals surface area (Å²) in [5.41, 5.74) is 1.28. The smallest absolute Gasteiger partial charge is 0.321 e. The minimum Gasteiger partial charge on any atom is -0.465 e. The first-order valence-electron chi connectivity index (χ1n) is 7.54. The van der Waals surface area contributed by atoms with E-state index in [1.807, 2.05) is 67.6 Å². The molecule has 0 aliphatic rings. The molecule has 0 aliphatic heterocycles. The molecule has 0 heterocycles. The first kappa shape index (κ1) is 15.3. The summed E-state index contributed by atoms with van der Waals surface area (Å²) >= 11 is 0. The van der Waals surface area contributed by atoms with E-state index < -0.39 is 5.41 Å². The molecule has 0 radical (unpaired) electrons. The quantitative estimate of drug-likeness (QED) is 0.737. The van der Waals surface area contributed by atoms with Crippen LogP contribution < -0.4 is 0 Å². The Bertz CT molecular complexity index is 521. The van der Waals surface area contributed by atoms with Gasteiger partial charge in [0.1, 0.15) is 5.41 Å². The van der Waals surface area contributed by atoms with Crippen LogP contribution in [0.3, 0.4) is 0 Å². The lowest BCUT2D eigenvalue weighted by Gasteiger charge is -2.32. The monoisotopic (exact) mass is 282 g/mol. The van der Waals surface area contributed by atoms with Crippen molar-refractivity contribution < 1.29 is 9.53 Å². The van der Waals surface area contributed by atoms with Crippen LogP contribution >= 0.6 is 0 Å². The Balaban J connectivity index is 2.63. The Hall–Kier alpha value is -2.09. The number of carbonyl (C=O) groups excluding carboxylic acids is 1. The molecule has 0 bridgehead atoms. The van der Waals surface area contributed by atoms with E-state index in [0.29, 0.717) is 6.61 Å². The van der Waals surface area contributed by atoms with E-state index >= 15 is 0 Å². The number of carbonyl (C=O) groups is 1. The molecule has 2 aromatic rings. The molecule has 2 rings (SSSR count). The molecular formula is C19H22O2. The highest BCUT2D eigenvalue weighted by Crippen LogP contribution is 2.38. The van der Waals surface area contributed by atoms with Crippen molar-refractivity contribution in [2.24, 2.45) is 0 Å². The van der Waals surface area contributed by atoms with Gasteiger partial charge in [0, 0.05) is 0 Å². The number of benzene rings is 2. The fraction of sp³-hybridized carbons (Fsp3) is 0.316. The van der Waals surface area contributed by atoms with E-state index in [0.717, 1.165) is 24.0 Å². The number of ether oxygens (including phenoxy) is 1. The second-order valence-electron chi connectivity index (χ2n) is 5.11. The lowest BCUT2D eigenvalue weighted by Crippen LogP contribution is -2.38. The number of esters is 1. The molecule has 0 saturated heterocycles. The zero-order chi connectivity index (χ0) is 15.1. The first-order chi connectivity index (χ1) is 10.3. The van der Waals surface area contributed by atoms with Gasteiger partial charge in [0.05, 0.1) is 6.61 Å². The van der Waals surface area contributed by atoms with Gasteiger partial charge in [-0.2, -0.15) is 0 Å². The van der Waals surface area contributed by atoms with Crippen molar-refractivity contribution in [3.8, 4) is 0 Å². The third-order valence-electron chi connectivity index (χ3n) is 3.78. The van der Waals surface area contributed by atoms with Crippen molar-refractivity contribution in [3.63, 3.8) is 0 Å². The van der Waals surface area contributed by atoms with Crippen molar-refractivity contribution in [2.45, 2.75) is 32.1 Å². The van der Waals surface area contributed by atoms with Crippen LogP contribution in [0.15, 0.2) is 60.7 Å². The summed E-state index contributed by atoms with van der Waals surface area (Å²) in [5.74, 6) is -0.163. The van der Waals surface area contributed by atoms with Gasteiger partial charge in [-0.05, 0) is 24.5 Å². The topological polar surface area (TPSA) is 26.3 Å². The van der Waals surface area contributed by atoms with Gasteiger partial charge in [0.15, 0.2) is 0 Å². The van der Waals surface area contributed by atoms with Crippen molar-refractivity contribution >= 4 is 5.97 Å². The maximum Gasteiger partial charge on any atom is 0.321 e. The Morgan fingerprint density at radius 2 is 1.38 bits per heavy atom. The molecule has 2 aromatic carbocycles. The predicted octanol–water partition coefficient (Wildman–Crippen LogP) is 4.34. The van der Waals surface area contributed by atoms with E-state index in [1.165, 1.54) is 0 Å². The number of rotatable bonds is 6. The highest BCUT2D eigenvalue weighted by molar-refractivity contribution is 5.87. The zero-order valence-electron chi connectivity index (χ0n) is 12.7. The van der Waals surface area contributed by atoms with Gasteiger partial charge in [0.25, 0.3) is 0 Å². The van der Waals surface area contributed by atoms with E-state index in [2.05, 4.69) is 6.92 Å². The van der Waals surface area contributed by atoms with Crippen molar-refractivity contribution in [1.29, 1.82) is 0 Å². The van der Waals surface area contributed by atoms with Crippen LogP contribution in [-0.2, 0) is 14.9 Å². The molecule has 2 nitrogen and oxygen atoms in total. The zero-order valence-corrected chi connectivity index (χ0v) is 12.7. The lowest BCUT2D eigenvalue weighted by molar-refractivity contribution is -0.148. The highest BCUT2D eigenvalue weighted by Gasteiger charge is 2.42. The minimum absolute atomic E-state index is 0.163. The third kappa shape index (κ3) is 2.99. The second-order valence-corrected chi connectivity index (χ2v) is 5.11. The van der Waals surface area contributed by atoms with Gasteiger partial charge in [-0.15, -0.1) is 0 Å².